The lowest BCUT2D eigenvalue weighted by Crippen LogP contribution is -2.49. The highest BCUT2D eigenvalue weighted by atomic mass is 35.5. The molecule has 21 nitrogen and oxygen atoms in total. The first kappa shape index (κ1) is 59.3. The highest BCUT2D eigenvalue weighted by molar-refractivity contribution is 7.88. The predicted octanol–water partition coefficient (Wildman–Crippen LogP) is 7.83. The van der Waals surface area contributed by atoms with Crippen LogP contribution in [0, 0.1) is 20.9 Å². The SMILES string of the molecule is CC1(COc2c(N3CCN(S(=O)(=O)Cc4ccc(CCC=O)c([N+](=O)[O-])c4)CC3)cnn(-c3cccc(Cl)c3)c2=O)CC1.CC1(COc2c(N3CCN(S(=O)(=O)Cc4ccc5c(c4)NCCC5)CC3)cnn(-c3cccc(Cl)c3)c2=O)CC1. The molecule has 25 heteroatoms. The molecule has 83 heavy (non-hydrogen) atoms. The Hall–Kier alpha value is -6.89. The number of hydrogen-bond donors (Lipinski definition) is 1. The molecule has 4 fully saturated rings. The molecule has 5 aliphatic rings. The number of sulfonamides is 2. The number of aldehydes is 1. The molecule has 0 spiro atoms. The maximum atomic E-state index is 13.6. The molecular weight excluding hydrogens is 1150 g/mol. The minimum absolute atomic E-state index is 0.0163. The molecular formula is C58H66Cl2N10O11S2. The van der Waals surface area contributed by atoms with Gasteiger partial charge in [0, 0.05) is 104 Å². The van der Waals surface area contributed by atoms with Crippen molar-refractivity contribution in [1.82, 2.24) is 28.2 Å². The van der Waals surface area contributed by atoms with Gasteiger partial charge in [-0.3, -0.25) is 19.7 Å². The van der Waals surface area contributed by atoms with Gasteiger partial charge in [0.15, 0.2) is 0 Å². The fourth-order valence-electron chi connectivity index (χ4n) is 10.3. The molecule has 0 radical (unpaired) electrons. The molecule has 2 aromatic heterocycles. The zero-order valence-electron chi connectivity index (χ0n) is 46.3. The standard InChI is InChI=1S/C29H32ClN5O7S.C29H34ClN5O4S/c1-29(9-10-29)20-42-27-26(18-31-34(28(27)37)24-6-2-5-23(30)17-24)32-11-13-33(14-12-32)43(40,41)19-21-7-8-22(4-3-15-36)25(16-21)35(38)39;1-29(9-10-29)20-39-27-26(18-32-35(28(27)36)24-6-2-5-23(30)17-24)33-12-14-34(15-13-33)40(37,38)19-21-7-8-22-4-3-11-31-25(22)16-21/h2,5-8,15-18H,3-4,9-14,19-20H2,1H3;2,5-8,16-18,31H,3-4,9-15,19-20H2,1H3. The van der Waals surface area contributed by atoms with Gasteiger partial charge in [0.25, 0.3) is 5.69 Å². The second-order valence-electron chi connectivity index (χ2n) is 22.5. The molecule has 2 saturated heterocycles. The third-order valence-corrected chi connectivity index (χ3v) is 20.1. The number of aryl methyl sites for hydroxylation is 2. The lowest BCUT2D eigenvalue weighted by atomic mass is 10.0. The van der Waals surface area contributed by atoms with E-state index in [1.807, 2.05) is 28.0 Å². The van der Waals surface area contributed by atoms with E-state index in [1.54, 1.807) is 71.3 Å². The van der Waals surface area contributed by atoms with Crippen LogP contribution in [0.15, 0.2) is 107 Å². The number of rotatable bonds is 20. The number of halogens is 2. The second kappa shape index (κ2) is 24.7. The minimum Gasteiger partial charge on any atom is -0.486 e. The van der Waals surface area contributed by atoms with Gasteiger partial charge in [-0.05, 0) is 104 Å². The van der Waals surface area contributed by atoms with E-state index >= 15 is 0 Å². The number of carbonyl (C=O) groups is 1. The Balaban J connectivity index is 0.000000186. The monoisotopic (exact) mass is 1210 g/mol. The van der Waals surface area contributed by atoms with Crippen molar-refractivity contribution in [3.63, 3.8) is 0 Å². The summed E-state index contributed by atoms with van der Waals surface area (Å²) in [5.41, 5.74) is 4.97. The normalized spacial score (nSPS) is 17.5. The van der Waals surface area contributed by atoms with Crippen molar-refractivity contribution >= 4 is 72.3 Å². The van der Waals surface area contributed by atoms with Crippen LogP contribution in [-0.2, 0) is 49.2 Å². The van der Waals surface area contributed by atoms with Crippen molar-refractivity contribution < 1.29 is 36.0 Å². The molecule has 3 aliphatic heterocycles. The summed E-state index contributed by atoms with van der Waals surface area (Å²) in [6.07, 6.45) is 10.5. The summed E-state index contributed by atoms with van der Waals surface area (Å²) in [6, 6.07) is 24.0. The van der Waals surface area contributed by atoms with Crippen LogP contribution < -0.4 is 35.7 Å². The van der Waals surface area contributed by atoms with Crippen LogP contribution in [0.2, 0.25) is 10.0 Å². The Morgan fingerprint density at radius 2 is 1.16 bits per heavy atom. The summed E-state index contributed by atoms with van der Waals surface area (Å²) < 4.78 is 71.0. The number of fused-ring (bicyclic) bond motifs is 1. The van der Waals surface area contributed by atoms with Gasteiger partial charge in [-0.2, -0.15) is 28.2 Å². The molecule has 1 N–H and O–H groups in total. The Bertz CT molecular complexity index is 3770. The van der Waals surface area contributed by atoms with Gasteiger partial charge in [-0.25, -0.2) is 16.8 Å². The molecule has 11 rings (SSSR count). The smallest absolute Gasteiger partial charge is 0.316 e. The van der Waals surface area contributed by atoms with Crippen molar-refractivity contribution in [3.8, 4) is 22.9 Å². The first-order chi connectivity index (χ1) is 39.7. The van der Waals surface area contributed by atoms with Gasteiger partial charge < -0.3 is 29.4 Å². The van der Waals surface area contributed by atoms with Crippen LogP contribution >= 0.6 is 23.2 Å². The average Bonchev–Trinajstić information content (AvgIpc) is 4.62. The third-order valence-electron chi connectivity index (χ3n) is 15.9. The van der Waals surface area contributed by atoms with E-state index in [0.717, 1.165) is 56.3 Å². The molecule has 0 bridgehead atoms. The highest BCUT2D eigenvalue weighted by Gasteiger charge is 2.40. The molecule has 6 aromatic rings. The number of piperazine rings is 2. The number of ether oxygens (including phenoxy) is 2. The Morgan fingerprint density at radius 1 is 0.675 bits per heavy atom. The van der Waals surface area contributed by atoms with E-state index in [-0.39, 0.29) is 65.3 Å². The maximum Gasteiger partial charge on any atom is 0.316 e. The van der Waals surface area contributed by atoms with Crippen molar-refractivity contribution in [2.24, 2.45) is 10.8 Å². The van der Waals surface area contributed by atoms with Crippen molar-refractivity contribution in [1.29, 1.82) is 0 Å². The van der Waals surface area contributed by atoms with Crippen LogP contribution in [0.1, 0.15) is 74.6 Å². The minimum atomic E-state index is -3.80. The van der Waals surface area contributed by atoms with E-state index < -0.39 is 36.3 Å². The summed E-state index contributed by atoms with van der Waals surface area (Å²) >= 11 is 12.3. The van der Waals surface area contributed by atoms with Crippen molar-refractivity contribution in [2.45, 2.75) is 76.7 Å². The van der Waals surface area contributed by atoms with E-state index in [2.05, 4.69) is 29.4 Å². The molecule has 2 saturated carbocycles. The number of nitrogens with zero attached hydrogens (tertiary/aromatic N) is 9. The number of anilines is 3. The number of benzene rings is 4. The Morgan fingerprint density at radius 3 is 1.61 bits per heavy atom. The van der Waals surface area contributed by atoms with Crippen LogP contribution in [0.4, 0.5) is 22.7 Å². The quantitative estimate of drug-likeness (QED) is 0.0435. The molecule has 440 valence electrons. The van der Waals surface area contributed by atoms with E-state index in [9.17, 15) is 41.3 Å². The maximum absolute atomic E-state index is 13.6. The van der Waals surface area contributed by atoms with Gasteiger partial charge in [0.1, 0.15) is 17.7 Å². The number of nitro groups is 1. The number of nitro benzene ring substituents is 1. The van der Waals surface area contributed by atoms with Gasteiger partial charge in [0.2, 0.25) is 31.5 Å². The fourth-order valence-corrected chi connectivity index (χ4v) is 13.7. The van der Waals surface area contributed by atoms with E-state index in [0.29, 0.717) is 103 Å². The van der Waals surface area contributed by atoms with Gasteiger partial charge in [0.05, 0.1) is 53.4 Å². The first-order valence-electron chi connectivity index (χ1n) is 27.7. The first-order valence-corrected chi connectivity index (χ1v) is 31.7. The van der Waals surface area contributed by atoms with Crippen LogP contribution in [0.25, 0.3) is 11.4 Å². The topological polar surface area (TPSA) is 242 Å². The van der Waals surface area contributed by atoms with Crippen LogP contribution in [0.5, 0.6) is 11.5 Å². The number of hydrogen-bond acceptors (Lipinski definition) is 16. The summed E-state index contributed by atoms with van der Waals surface area (Å²) in [5, 5.41) is 24.7. The average molecular weight is 1210 g/mol. The van der Waals surface area contributed by atoms with Gasteiger partial charge in [-0.1, -0.05) is 73.4 Å². The molecule has 0 unspecified atom stereocenters. The number of nitrogens with one attached hydrogen (secondary N) is 1. The van der Waals surface area contributed by atoms with Crippen LogP contribution in [-0.4, -0.2) is 128 Å². The molecule has 4 aromatic carbocycles. The largest absolute Gasteiger partial charge is 0.486 e. The summed E-state index contributed by atoms with van der Waals surface area (Å²) in [7, 11) is -7.30. The van der Waals surface area contributed by atoms with E-state index in [4.69, 9.17) is 32.7 Å². The molecule has 0 atom stereocenters. The second-order valence-corrected chi connectivity index (χ2v) is 27.4. The number of aromatic nitrogens is 4. The zero-order valence-corrected chi connectivity index (χ0v) is 49.4. The number of carbonyl (C=O) groups excluding carboxylic acids is 1. The third kappa shape index (κ3) is 14.2. The Kier molecular flexibility index (Phi) is 17.7. The van der Waals surface area contributed by atoms with Crippen LogP contribution in [0.3, 0.4) is 0 Å². The summed E-state index contributed by atoms with van der Waals surface area (Å²) in [4.78, 5) is 52.8. The molecule has 0 amide bonds. The highest BCUT2D eigenvalue weighted by Crippen LogP contribution is 2.46. The molecule has 2 aliphatic carbocycles. The zero-order chi connectivity index (χ0) is 58.7. The predicted molar refractivity (Wildman–Crippen MR) is 319 cm³/mol. The fraction of sp³-hybridized carbons (Fsp3) is 0.431. The summed E-state index contributed by atoms with van der Waals surface area (Å²) in [6.45, 7) is 8.36. The van der Waals surface area contributed by atoms with Gasteiger partial charge in [-0.15, -0.1) is 0 Å². The summed E-state index contributed by atoms with van der Waals surface area (Å²) in [5.74, 6) is -0.0414. The van der Waals surface area contributed by atoms with Crippen molar-refractivity contribution in [2.75, 3.05) is 87.2 Å². The van der Waals surface area contributed by atoms with E-state index in [1.165, 1.54) is 31.4 Å². The Labute approximate surface area is 491 Å². The van der Waals surface area contributed by atoms with Crippen molar-refractivity contribution in [3.05, 3.63) is 160 Å². The lowest BCUT2D eigenvalue weighted by Gasteiger charge is -2.36. The molecule has 5 heterocycles. The van der Waals surface area contributed by atoms with Gasteiger partial charge >= 0.3 is 11.1 Å². The lowest BCUT2D eigenvalue weighted by molar-refractivity contribution is -0.385.